The van der Waals surface area contributed by atoms with E-state index in [1.54, 1.807) is 0 Å². The van der Waals surface area contributed by atoms with E-state index in [9.17, 15) is 0 Å². The molecule has 0 aliphatic carbocycles. The molecule has 0 radical (unpaired) electrons. The maximum absolute atomic E-state index is 5.92. The highest BCUT2D eigenvalue weighted by molar-refractivity contribution is 9.10. The lowest BCUT2D eigenvalue weighted by molar-refractivity contribution is 0.102. The fraction of sp³-hybridized carbons (Fsp3) is 0.300. The third-order valence-corrected chi connectivity index (χ3v) is 3.42. The Morgan fingerprint density at radius 2 is 2.33 bits per heavy atom. The van der Waals surface area contributed by atoms with Gasteiger partial charge in [0, 0.05) is 21.5 Å². The number of benzene rings is 1. The standard InChI is InChI=1S/C10H8BrCl2NO/c11-9-2-1-6(13)3-8(9)10-4-7(5-12)15-14-10/h1-3,7H,4-5H2. The number of hydrogen-bond donors (Lipinski definition) is 0. The van der Waals surface area contributed by atoms with Gasteiger partial charge in [0.1, 0.15) is 6.10 Å². The minimum atomic E-state index is -0.0208. The van der Waals surface area contributed by atoms with Crippen molar-refractivity contribution in [3.05, 3.63) is 33.3 Å². The fourth-order valence-electron chi connectivity index (χ4n) is 1.39. The molecule has 5 heteroatoms. The van der Waals surface area contributed by atoms with Crippen molar-refractivity contribution in [3.63, 3.8) is 0 Å². The summed E-state index contributed by atoms with van der Waals surface area (Å²) >= 11 is 15.1. The zero-order valence-electron chi connectivity index (χ0n) is 7.71. The summed E-state index contributed by atoms with van der Waals surface area (Å²) in [6, 6.07) is 5.59. The lowest BCUT2D eigenvalue weighted by Crippen LogP contribution is -2.09. The van der Waals surface area contributed by atoms with Gasteiger partial charge < -0.3 is 4.84 Å². The highest BCUT2D eigenvalue weighted by atomic mass is 79.9. The van der Waals surface area contributed by atoms with Crippen molar-refractivity contribution in [2.75, 3.05) is 5.88 Å². The molecule has 1 aromatic carbocycles. The van der Waals surface area contributed by atoms with E-state index in [1.807, 2.05) is 18.2 Å². The van der Waals surface area contributed by atoms with Gasteiger partial charge in [-0.15, -0.1) is 11.6 Å². The smallest absolute Gasteiger partial charge is 0.146 e. The molecule has 1 heterocycles. The highest BCUT2D eigenvalue weighted by Crippen LogP contribution is 2.26. The Balaban J connectivity index is 2.27. The Morgan fingerprint density at radius 3 is 3.00 bits per heavy atom. The molecule has 2 rings (SSSR count). The maximum Gasteiger partial charge on any atom is 0.146 e. The average Bonchev–Trinajstić information content (AvgIpc) is 2.70. The summed E-state index contributed by atoms with van der Waals surface area (Å²) in [5, 5.41) is 4.69. The van der Waals surface area contributed by atoms with Gasteiger partial charge in [-0.3, -0.25) is 0 Å². The first-order chi connectivity index (χ1) is 7.20. The Bertz CT molecular complexity index is 408. The monoisotopic (exact) mass is 307 g/mol. The van der Waals surface area contributed by atoms with Crippen molar-refractivity contribution < 1.29 is 4.84 Å². The Labute approximate surface area is 106 Å². The second kappa shape index (κ2) is 4.73. The number of alkyl halides is 1. The summed E-state index contributed by atoms with van der Waals surface area (Å²) in [5.74, 6) is 0.450. The molecule has 1 aromatic rings. The zero-order valence-corrected chi connectivity index (χ0v) is 10.8. The summed E-state index contributed by atoms with van der Waals surface area (Å²) < 4.78 is 0.962. The molecule has 1 aliphatic rings. The fourth-order valence-corrected chi connectivity index (χ4v) is 2.20. The van der Waals surface area contributed by atoms with Crippen molar-refractivity contribution in [1.29, 1.82) is 0 Å². The van der Waals surface area contributed by atoms with Gasteiger partial charge in [-0.1, -0.05) is 32.7 Å². The Kier molecular flexibility index (Phi) is 3.54. The number of nitrogens with zero attached hydrogens (tertiary/aromatic N) is 1. The Hall–Kier alpha value is -0.250. The van der Waals surface area contributed by atoms with Crippen LogP contribution in [0.3, 0.4) is 0 Å². The van der Waals surface area contributed by atoms with Crippen molar-refractivity contribution in [3.8, 4) is 0 Å². The molecule has 0 N–H and O–H groups in total. The van der Waals surface area contributed by atoms with Crippen LogP contribution in [0.1, 0.15) is 12.0 Å². The van der Waals surface area contributed by atoms with Crippen LogP contribution >= 0.6 is 39.1 Å². The van der Waals surface area contributed by atoms with Gasteiger partial charge in [0.2, 0.25) is 0 Å². The van der Waals surface area contributed by atoms with Crippen LogP contribution in [0.25, 0.3) is 0 Å². The summed E-state index contributed by atoms with van der Waals surface area (Å²) in [6.07, 6.45) is 0.704. The Morgan fingerprint density at radius 1 is 1.53 bits per heavy atom. The molecule has 0 bridgehead atoms. The van der Waals surface area contributed by atoms with Gasteiger partial charge >= 0.3 is 0 Å². The van der Waals surface area contributed by atoms with Gasteiger partial charge in [0.15, 0.2) is 0 Å². The van der Waals surface area contributed by atoms with E-state index in [2.05, 4.69) is 21.1 Å². The summed E-state index contributed by atoms with van der Waals surface area (Å²) in [7, 11) is 0. The largest absolute Gasteiger partial charge is 0.391 e. The van der Waals surface area contributed by atoms with Crippen LogP contribution in [0.5, 0.6) is 0 Å². The second-order valence-electron chi connectivity index (χ2n) is 3.25. The minimum Gasteiger partial charge on any atom is -0.391 e. The SMILES string of the molecule is ClCC1CC(c2cc(Cl)ccc2Br)=NO1. The predicted molar refractivity (Wildman–Crippen MR) is 65.9 cm³/mol. The van der Waals surface area contributed by atoms with Crippen molar-refractivity contribution in [1.82, 2.24) is 0 Å². The lowest BCUT2D eigenvalue weighted by Gasteiger charge is -2.03. The zero-order chi connectivity index (χ0) is 10.8. The summed E-state index contributed by atoms with van der Waals surface area (Å²) in [6.45, 7) is 0. The van der Waals surface area contributed by atoms with Gasteiger partial charge in [-0.2, -0.15) is 0 Å². The number of rotatable bonds is 2. The average molecular weight is 309 g/mol. The molecule has 0 amide bonds. The van der Waals surface area contributed by atoms with Gasteiger partial charge in [0.25, 0.3) is 0 Å². The second-order valence-corrected chi connectivity index (χ2v) is 4.85. The molecular formula is C10H8BrCl2NO. The first kappa shape index (κ1) is 11.2. The van der Waals surface area contributed by atoms with E-state index in [-0.39, 0.29) is 6.10 Å². The number of halogens is 3. The molecule has 1 aliphatic heterocycles. The third-order valence-electron chi connectivity index (χ3n) is 2.14. The lowest BCUT2D eigenvalue weighted by atomic mass is 10.1. The van der Waals surface area contributed by atoms with E-state index >= 15 is 0 Å². The molecule has 1 atom stereocenters. The maximum atomic E-state index is 5.92. The summed E-state index contributed by atoms with van der Waals surface area (Å²) in [4.78, 5) is 5.16. The number of oxime groups is 1. The molecule has 0 fully saturated rings. The van der Waals surface area contributed by atoms with Gasteiger partial charge in [-0.25, -0.2) is 0 Å². The predicted octanol–water partition coefficient (Wildman–Crippen LogP) is 3.83. The van der Waals surface area contributed by atoms with Crippen LogP contribution in [0.4, 0.5) is 0 Å². The molecule has 0 aromatic heterocycles. The van der Waals surface area contributed by atoms with Crippen LogP contribution < -0.4 is 0 Å². The third kappa shape index (κ3) is 2.47. The molecule has 0 saturated heterocycles. The molecule has 80 valence electrons. The van der Waals surface area contributed by atoms with Crippen molar-refractivity contribution >= 4 is 44.8 Å². The first-order valence-electron chi connectivity index (χ1n) is 4.45. The van der Waals surface area contributed by atoms with Gasteiger partial charge in [-0.05, 0) is 18.2 Å². The van der Waals surface area contributed by atoms with Crippen LogP contribution in [0.15, 0.2) is 27.8 Å². The molecule has 0 saturated carbocycles. The van der Waals surface area contributed by atoms with E-state index in [0.717, 1.165) is 22.2 Å². The van der Waals surface area contributed by atoms with E-state index < -0.39 is 0 Å². The van der Waals surface area contributed by atoms with E-state index in [1.165, 1.54) is 0 Å². The quantitative estimate of drug-likeness (QED) is 0.761. The van der Waals surface area contributed by atoms with E-state index in [4.69, 9.17) is 28.0 Å². The van der Waals surface area contributed by atoms with Crippen LogP contribution in [0, 0.1) is 0 Å². The van der Waals surface area contributed by atoms with Crippen molar-refractivity contribution in [2.45, 2.75) is 12.5 Å². The van der Waals surface area contributed by atoms with Crippen LogP contribution in [0.2, 0.25) is 5.02 Å². The van der Waals surface area contributed by atoms with Gasteiger partial charge in [0.05, 0.1) is 11.6 Å². The molecular weight excluding hydrogens is 301 g/mol. The molecule has 2 nitrogen and oxygen atoms in total. The highest BCUT2D eigenvalue weighted by Gasteiger charge is 2.22. The van der Waals surface area contributed by atoms with E-state index in [0.29, 0.717) is 10.9 Å². The van der Waals surface area contributed by atoms with Crippen LogP contribution in [-0.2, 0) is 4.84 Å². The normalized spacial score (nSPS) is 19.9. The minimum absolute atomic E-state index is 0.0208. The topological polar surface area (TPSA) is 21.6 Å². The first-order valence-corrected chi connectivity index (χ1v) is 6.15. The van der Waals surface area contributed by atoms with Crippen LogP contribution in [-0.4, -0.2) is 17.7 Å². The summed E-state index contributed by atoms with van der Waals surface area (Å²) in [5.41, 5.74) is 1.85. The van der Waals surface area contributed by atoms with Crippen molar-refractivity contribution in [2.24, 2.45) is 5.16 Å². The molecule has 1 unspecified atom stereocenters. The number of hydrogen-bond acceptors (Lipinski definition) is 2. The molecule has 15 heavy (non-hydrogen) atoms. The molecule has 0 spiro atoms.